The second-order valence-corrected chi connectivity index (χ2v) is 5.04. The van der Waals surface area contributed by atoms with Crippen LogP contribution in [-0.4, -0.2) is 28.2 Å². The van der Waals surface area contributed by atoms with Crippen molar-refractivity contribution in [2.75, 3.05) is 23.9 Å². The number of rotatable bonds is 7. The zero-order valence-corrected chi connectivity index (χ0v) is 13.1. The Morgan fingerprint density at radius 1 is 1.12 bits per heavy atom. The molecule has 0 aliphatic carbocycles. The predicted octanol–water partition coefficient (Wildman–Crippen LogP) is 2.86. The molecule has 0 fully saturated rings. The fourth-order valence-corrected chi connectivity index (χ4v) is 1.99. The molecular formula is C15H18F3N5O. The molecule has 0 saturated heterocycles. The summed E-state index contributed by atoms with van der Waals surface area (Å²) in [6.07, 6.45) is -4.00. The third-order valence-corrected chi connectivity index (χ3v) is 3.03. The van der Waals surface area contributed by atoms with Crippen LogP contribution in [0.1, 0.15) is 24.7 Å². The number of hydrogen-bond acceptors (Lipinski definition) is 6. The van der Waals surface area contributed by atoms with E-state index in [-0.39, 0.29) is 12.7 Å². The van der Waals surface area contributed by atoms with Crippen molar-refractivity contribution < 1.29 is 17.9 Å². The lowest BCUT2D eigenvalue weighted by molar-refractivity contribution is -0.144. The van der Waals surface area contributed by atoms with Gasteiger partial charge >= 0.3 is 6.18 Å². The minimum atomic E-state index is -4.69. The van der Waals surface area contributed by atoms with Crippen LogP contribution in [0.4, 0.5) is 25.1 Å². The fraction of sp³-hybridized carbons (Fsp3) is 0.400. The van der Waals surface area contributed by atoms with Crippen molar-refractivity contribution in [2.24, 2.45) is 0 Å². The zero-order chi connectivity index (χ0) is 17.6. The van der Waals surface area contributed by atoms with Gasteiger partial charge in [-0.05, 0) is 12.0 Å². The number of nitrogens with zero attached hydrogens (tertiary/aromatic N) is 4. The van der Waals surface area contributed by atoms with E-state index in [1.165, 1.54) is 4.90 Å². The van der Waals surface area contributed by atoms with E-state index in [1.807, 2.05) is 37.3 Å². The molecule has 2 aromatic rings. The number of ether oxygens (including phenoxy) is 1. The van der Waals surface area contributed by atoms with Gasteiger partial charge in [-0.15, -0.1) is 0 Å². The number of hydrogen-bond donors (Lipinski definition) is 1. The minimum Gasteiger partial charge on any atom is -0.368 e. The minimum absolute atomic E-state index is 0.0451. The quantitative estimate of drug-likeness (QED) is 0.781. The Morgan fingerprint density at radius 2 is 1.83 bits per heavy atom. The van der Waals surface area contributed by atoms with Gasteiger partial charge in [0.2, 0.25) is 17.7 Å². The van der Waals surface area contributed by atoms with E-state index in [0.29, 0.717) is 19.6 Å². The maximum Gasteiger partial charge on any atom is 0.451 e. The third-order valence-electron chi connectivity index (χ3n) is 3.03. The van der Waals surface area contributed by atoms with Crippen LogP contribution in [-0.2, 0) is 17.5 Å². The fourth-order valence-electron chi connectivity index (χ4n) is 1.99. The lowest BCUT2D eigenvalue weighted by Gasteiger charge is -2.22. The SMILES string of the molecule is CCCN(COCc1ccccc1)c1nc(N)nc(C(F)(F)F)n1. The average molecular weight is 341 g/mol. The molecule has 1 aromatic carbocycles. The summed E-state index contributed by atoms with van der Waals surface area (Å²) in [5, 5.41) is 0. The molecule has 24 heavy (non-hydrogen) atoms. The number of benzene rings is 1. The summed E-state index contributed by atoms with van der Waals surface area (Å²) < 4.78 is 44.0. The summed E-state index contributed by atoms with van der Waals surface area (Å²) in [6, 6.07) is 9.44. The molecule has 2 N–H and O–H groups in total. The Hall–Kier alpha value is -2.42. The highest BCUT2D eigenvalue weighted by Crippen LogP contribution is 2.27. The van der Waals surface area contributed by atoms with Crippen molar-refractivity contribution in [3.63, 3.8) is 0 Å². The van der Waals surface area contributed by atoms with Crippen LogP contribution >= 0.6 is 0 Å². The molecule has 0 unspecified atom stereocenters. The normalized spacial score (nSPS) is 11.5. The highest BCUT2D eigenvalue weighted by molar-refractivity contribution is 5.34. The number of alkyl halides is 3. The van der Waals surface area contributed by atoms with Gasteiger partial charge in [0.05, 0.1) is 6.61 Å². The summed E-state index contributed by atoms with van der Waals surface area (Å²) in [7, 11) is 0. The van der Waals surface area contributed by atoms with Crippen LogP contribution < -0.4 is 10.6 Å². The van der Waals surface area contributed by atoms with Crippen molar-refractivity contribution >= 4 is 11.9 Å². The van der Waals surface area contributed by atoms with Crippen molar-refractivity contribution in [1.29, 1.82) is 0 Å². The summed E-state index contributed by atoms with van der Waals surface area (Å²) in [5.74, 6) is -1.93. The highest BCUT2D eigenvalue weighted by Gasteiger charge is 2.36. The molecule has 0 amide bonds. The molecule has 6 nitrogen and oxygen atoms in total. The molecule has 1 heterocycles. The van der Waals surface area contributed by atoms with E-state index in [9.17, 15) is 13.2 Å². The van der Waals surface area contributed by atoms with Crippen LogP contribution in [0, 0.1) is 0 Å². The average Bonchev–Trinajstić information content (AvgIpc) is 2.53. The van der Waals surface area contributed by atoms with E-state index in [4.69, 9.17) is 10.5 Å². The first kappa shape index (κ1) is 17.9. The lowest BCUT2D eigenvalue weighted by Crippen LogP contribution is -2.30. The van der Waals surface area contributed by atoms with Crippen LogP contribution in [0.3, 0.4) is 0 Å². The Balaban J connectivity index is 2.10. The third kappa shape index (κ3) is 5.05. The maximum absolute atomic E-state index is 12.8. The van der Waals surface area contributed by atoms with E-state index in [2.05, 4.69) is 15.0 Å². The topological polar surface area (TPSA) is 77.2 Å². The van der Waals surface area contributed by atoms with Crippen molar-refractivity contribution in [3.8, 4) is 0 Å². The molecule has 9 heteroatoms. The monoisotopic (exact) mass is 341 g/mol. The van der Waals surface area contributed by atoms with Gasteiger partial charge in [0.25, 0.3) is 0 Å². The summed E-state index contributed by atoms with van der Waals surface area (Å²) in [4.78, 5) is 11.9. The van der Waals surface area contributed by atoms with Gasteiger partial charge in [-0.2, -0.15) is 28.1 Å². The molecule has 130 valence electrons. The molecule has 0 aliphatic rings. The summed E-state index contributed by atoms with van der Waals surface area (Å²) >= 11 is 0. The van der Waals surface area contributed by atoms with E-state index in [1.54, 1.807) is 0 Å². The van der Waals surface area contributed by atoms with E-state index >= 15 is 0 Å². The standard InChI is InChI=1S/C15H18F3N5O/c1-2-8-23(10-24-9-11-6-4-3-5-7-11)14-21-12(15(16,17)18)20-13(19)22-14/h3-7H,2,8-10H2,1H3,(H2,19,20,21,22). The van der Waals surface area contributed by atoms with Crippen molar-refractivity contribution in [3.05, 3.63) is 41.7 Å². The second-order valence-electron chi connectivity index (χ2n) is 5.04. The largest absolute Gasteiger partial charge is 0.451 e. The Morgan fingerprint density at radius 3 is 2.46 bits per heavy atom. The molecule has 0 bridgehead atoms. The van der Waals surface area contributed by atoms with Crippen LogP contribution in [0.15, 0.2) is 30.3 Å². The van der Waals surface area contributed by atoms with Crippen molar-refractivity contribution in [2.45, 2.75) is 26.1 Å². The first-order valence-corrected chi connectivity index (χ1v) is 7.35. The number of aromatic nitrogens is 3. The van der Waals surface area contributed by atoms with E-state index < -0.39 is 17.9 Å². The van der Waals surface area contributed by atoms with Gasteiger partial charge in [0.1, 0.15) is 6.73 Å². The molecule has 1 aromatic heterocycles. The van der Waals surface area contributed by atoms with Gasteiger partial charge in [-0.25, -0.2) is 0 Å². The number of nitrogens with two attached hydrogens (primary N) is 1. The zero-order valence-electron chi connectivity index (χ0n) is 13.1. The van der Waals surface area contributed by atoms with Crippen LogP contribution in [0.5, 0.6) is 0 Å². The van der Waals surface area contributed by atoms with Gasteiger partial charge in [0, 0.05) is 6.54 Å². The maximum atomic E-state index is 12.8. The second kappa shape index (κ2) is 7.91. The number of nitrogen functional groups attached to an aromatic ring is 1. The van der Waals surface area contributed by atoms with Crippen LogP contribution in [0.2, 0.25) is 0 Å². The molecular weight excluding hydrogens is 323 g/mol. The van der Waals surface area contributed by atoms with Gasteiger partial charge < -0.3 is 15.4 Å². The van der Waals surface area contributed by atoms with Gasteiger partial charge in [-0.3, -0.25) is 0 Å². The number of anilines is 2. The van der Waals surface area contributed by atoms with Crippen LogP contribution in [0.25, 0.3) is 0 Å². The lowest BCUT2D eigenvalue weighted by atomic mass is 10.2. The van der Waals surface area contributed by atoms with E-state index in [0.717, 1.165) is 5.56 Å². The predicted molar refractivity (Wildman–Crippen MR) is 83.0 cm³/mol. The number of halogens is 3. The smallest absolute Gasteiger partial charge is 0.368 e. The van der Waals surface area contributed by atoms with Gasteiger partial charge in [-0.1, -0.05) is 37.3 Å². The molecule has 0 aliphatic heterocycles. The summed E-state index contributed by atoms with van der Waals surface area (Å²) in [6.45, 7) is 2.69. The Kier molecular flexibility index (Phi) is 5.91. The molecule has 0 atom stereocenters. The van der Waals surface area contributed by atoms with Gasteiger partial charge in [0.15, 0.2) is 0 Å². The molecule has 0 radical (unpaired) electrons. The molecule has 2 rings (SSSR count). The first-order chi connectivity index (χ1) is 11.4. The van der Waals surface area contributed by atoms with Crippen molar-refractivity contribution in [1.82, 2.24) is 15.0 Å². The highest BCUT2D eigenvalue weighted by atomic mass is 19.4. The Labute approximate surface area is 137 Å². The molecule has 0 spiro atoms. The Bertz CT molecular complexity index is 651. The summed E-state index contributed by atoms with van der Waals surface area (Å²) in [5.41, 5.74) is 6.34. The first-order valence-electron chi connectivity index (χ1n) is 7.35. The molecule has 0 saturated carbocycles.